The first-order valence-electron chi connectivity index (χ1n) is 8.36. The number of ether oxygens (including phenoxy) is 1. The maximum Gasteiger partial charge on any atom is 0.328 e. The van der Waals surface area contributed by atoms with Gasteiger partial charge in [0, 0.05) is 17.7 Å². The van der Waals surface area contributed by atoms with Crippen LogP contribution in [-0.2, 0) is 6.54 Å². The summed E-state index contributed by atoms with van der Waals surface area (Å²) in [6.07, 6.45) is 0. The van der Waals surface area contributed by atoms with Gasteiger partial charge in [0.15, 0.2) is 0 Å². The van der Waals surface area contributed by atoms with Crippen LogP contribution < -0.4 is 16.0 Å². The Morgan fingerprint density at radius 2 is 1.85 bits per heavy atom. The van der Waals surface area contributed by atoms with E-state index in [2.05, 4.69) is 15.1 Å². The van der Waals surface area contributed by atoms with Crippen LogP contribution in [0.25, 0.3) is 33.7 Å². The maximum absolute atomic E-state index is 12.4. The molecule has 0 amide bonds. The molecule has 0 aliphatic carbocycles. The van der Waals surface area contributed by atoms with Crippen molar-refractivity contribution in [3.8, 4) is 28.6 Å². The monoisotopic (exact) mass is 364 g/mol. The smallest absolute Gasteiger partial charge is 0.328 e. The Balaban J connectivity index is 1.75. The zero-order valence-corrected chi connectivity index (χ0v) is 14.7. The molecule has 2 heterocycles. The van der Waals surface area contributed by atoms with E-state index in [9.17, 15) is 9.59 Å². The number of methoxy groups -OCH3 is 1. The Morgan fingerprint density at radius 3 is 2.56 bits per heavy atom. The summed E-state index contributed by atoms with van der Waals surface area (Å²) in [7, 11) is 1.60. The number of H-pyrrole nitrogens is 1. The molecule has 8 nitrogen and oxygen atoms in total. The van der Waals surface area contributed by atoms with Gasteiger partial charge in [-0.05, 0) is 49.4 Å². The minimum atomic E-state index is -0.448. The summed E-state index contributed by atoms with van der Waals surface area (Å²) < 4.78 is 11.6. The maximum atomic E-state index is 12.4. The number of hydrogen-bond acceptors (Lipinski definition) is 6. The highest BCUT2D eigenvalue weighted by atomic mass is 16.5. The molecule has 0 aliphatic heterocycles. The zero-order chi connectivity index (χ0) is 19.0. The molecule has 27 heavy (non-hydrogen) atoms. The zero-order valence-electron chi connectivity index (χ0n) is 14.7. The first-order chi connectivity index (χ1) is 13.1. The summed E-state index contributed by atoms with van der Waals surface area (Å²) in [6, 6.07) is 12.3. The number of aromatic nitrogens is 4. The number of hydrogen-bond donors (Lipinski definition) is 1. The van der Waals surface area contributed by atoms with Gasteiger partial charge in [-0.1, -0.05) is 5.16 Å². The normalized spacial score (nSPS) is 11.0. The lowest BCUT2D eigenvalue weighted by atomic mass is 10.1. The molecule has 4 rings (SSSR count). The van der Waals surface area contributed by atoms with Crippen molar-refractivity contribution in [2.24, 2.45) is 0 Å². The molecule has 0 spiro atoms. The van der Waals surface area contributed by atoms with E-state index in [1.807, 2.05) is 24.3 Å². The largest absolute Gasteiger partial charge is 0.497 e. The lowest BCUT2D eigenvalue weighted by molar-refractivity contribution is 0.415. The molecular formula is C19H16N4O4. The minimum Gasteiger partial charge on any atom is -0.497 e. The van der Waals surface area contributed by atoms with Gasteiger partial charge in [-0.15, -0.1) is 0 Å². The first kappa shape index (κ1) is 16.8. The molecule has 2 aromatic carbocycles. The SMILES string of the molecule is CCn1c(=O)[nH]c2cc(-c3nc(-c4ccc(OC)cc4)no3)ccc2c1=O. The molecule has 136 valence electrons. The topological polar surface area (TPSA) is 103 Å². The highest BCUT2D eigenvalue weighted by Crippen LogP contribution is 2.25. The molecule has 0 aliphatic rings. The predicted molar refractivity (Wildman–Crippen MR) is 99.8 cm³/mol. The van der Waals surface area contributed by atoms with Crippen LogP contribution in [0.1, 0.15) is 6.92 Å². The second-order valence-electron chi connectivity index (χ2n) is 5.89. The fraction of sp³-hybridized carbons (Fsp3) is 0.158. The summed E-state index contributed by atoms with van der Waals surface area (Å²) in [4.78, 5) is 31.5. The number of nitrogens with one attached hydrogen (secondary N) is 1. The lowest BCUT2D eigenvalue weighted by Gasteiger charge is -2.04. The Bertz CT molecular complexity index is 1240. The van der Waals surface area contributed by atoms with E-state index >= 15 is 0 Å². The molecule has 2 aromatic heterocycles. The number of nitrogens with zero attached hydrogens (tertiary/aromatic N) is 3. The third-order valence-electron chi connectivity index (χ3n) is 4.32. The van der Waals surface area contributed by atoms with E-state index in [0.29, 0.717) is 34.7 Å². The standard InChI is InChI=1S/C19H16N4O4/c1-3-23-18(24)14-9-6-12(10-15(14)20-19(23)25)17-21-16(22-27-17)11-4-7-13(26-2)8-5-11/h4-10H,3H2,1-2H3,(H,20,25). The molecule has 0 unspecified atom stereocenters. The second kappa shape index (κ2) is 6.56. The van der Waals surface area contributed by atoms with E-state index in [4.69, 9.17) is 9.26 Å². The van der Waals surface area contributed by atoms with E-state index in [1.165, 1.54) is 0 Å². The summed E-state index contributed by atoms with van der Waals surface area (Å²) in [6.45, 7) is 2.05. The Morgan fingerprint density at radius 1 is 1.11 bits per heavy atom. The number of fused-ring (bicyclic) bond motifs is 1. The Kier molecular flexibility index (Phi) is 4.08. The summed E-state index contributed by atoms with van der Waals surface area (Å²) in [5.41, 5.74) is 1.05. The van der Waals surface area contributed by atoms with Crippen LogP contribution in [0.5, 0.6) is 5.75 Å². The molecule has 0 saturated heterocycles. The first-order valence-corrected chi connectivity index (χ1v) is 8.36. The van der Waals surface area contributed by atoms with Crippen molar-refractivity contribution >= 4 is 10.9 Å². The van der Waals surface area contributed by atoms with Crippen LogP contribution in [-0.4, -0.2) is 26.8 Å². The quantitative estimate of drug-likeness (QED) is 0.597. The molecule has 0 fully saturated rings. The second-order valence-corrected chi connectivity index (χ2v) is 5.89. The van der Waals surface area contributed by atoms with Gasteiger partial charge in [-0.25, -0.2) is 4.79 Å². The number of benzene rings is 2. The number of rotatable bonds is 4. The Hall–Kier alpha value is -3.68. The van der Waals surface area contributed by atoms with Crippen molar-refractivity contribution in [3.05, 3.63) is 63.3 Å². The highest BCUT2D eigenvalue weighted by molar-refractivity contribution is 5.82. The van der Waals surface area contributed by atoms with E-state index < -0.39 is 5.69 Å². The van der Waals surface area contributed by atoms with E-state index in [0.717, 1.165) is 15.9 Å². The van der Waals surface area contributed by atoms with Gasteiger partial charge in [0.2, 0.25) is 5.82 Å². The molecule has 0 bridgehead atoms. The fourth-order valence-corrected chi connectivity index (χ4v) is 2.87. The third kappa shape index (κ3) is 2.91. The van der Waals surface area contributed by atoms with Gasteiger partial charge in [0.05, 0.1) is 18.0 Å². The van der Waals surface area contributed by atoms with Crippen LogP contribution in [0.4, 0.5) is 0 Å². The third-order valence-corrected chi connectivity index (χ3v) is 4.32. The Labute approximate surface area is 153 Å². The van der Waals surface area contributed by atoms with Crippen molar-refractivity contribution in [3.63, 3.8) is 0 Å². The molecule has 1 N–H and O–H groups in total. The predicted octanol–water partition coefficient (Wildman–Crippen LogP) is 2.44. The summed E-state index contributed by atoms with van der Waals surface area (Å²) in [5, 5.41) is 4.42. The highest BCUT2D eigenvalue weighted by Gasteiger charge is 2.13. The molecule has 8 heteroatoms. The number of aromatic amines is 1. The molecule has 4 aromatic rings. The van der Waals surface area contributed by atoms with Gasteiger partial charge >= 0.3 is 5.69 Å². The fourth-order valence-electron chi connectivity index (χ4n) is 2.87. The molecule has 0 atom stereocenters. The van der Waals surface area contributed by atoms with Crippen LogP contribution in [0.2, 0.25) is 0 Å². The van der Waals surface area contributed by atoms with Crippen molar-refractivity contribution in [1.82, 2.24) is 19.7 Å². The van der Waals surface area contributed by atoms with Gasteiger partial charge in [-0.2, -0.15) is 4.98 Å². The molecular weight excluding hydrogens is 348 g/mol. The average Bonchev–Trinajstić information content (AvgIpc) is 3.18. The van der Waals surface area contributed by atoms with Crippen molar-refractivity contribution in [2.75, 3.05) is 7.11 Å². The van der Waals surface area contributed by atoms with E-state index in [1.54, 1.807) is 32.2 Å². The van der Waals surface area contributed by atoms with Crippen molar-refractivity contribution in [2.45, 2.75) is 13.5 Å². The van der Waals surface area contributed by atoms with Crippen LogP contribution >= 0.6 is 0 Å². The lowest BCUT2D eigenvalue weighted by Crippen LogP contribution is -2.34. The summed E-state index contributed by atoms with van der Waals surface area (Å²) >= 11 is 0. The van der Waals surface area contributed by atoms with Crippen LogP contribution in [0.15, 0.2) is 56.6 Å². The van der Waals surface area contributed by atoms with Crippen molar-refractivity contribution in [1.29, 1.82) is 0 Å². The van der Waals surface area contributed by atoms with Gasteiger partial charge in [-0.3, -0.25) is 9.36 Å². The summed E-state index contributed by atoms with van der Waals surface area (Å²) in [5.74, 6) is 1.46. The van der Waals surface area contributed by atoms with Crippen LogP contribution in [0.3, 0.4) is 0 Å². The van der Waals surface area contributed by atoms with Crippen molar-refractivity contribution < 1.29 is 9.26 Å². The van der Waals surface area contributed by atoms with Gasteiger partial charge < -0.3 is 14.2 Å². The molecule has 0 saturated carbocycles. The molecule has 0 radical (unpaired) electrons. The van der Waals surface area contributed by atoms with Gasteiger partial charge in [0.25, 0.3) is 11.4 Å². The average molecular weight is 364 g/mol. The van der Waals surface area contributed by atoms with Gasteiger partial charge in [0.1, 0.15) is 5.75 Å². The minimum absolute atomic E-state index is 0.295. The van der Waals surface area contributed by atoms with Crippen LogP contribution in [0, 0.1) is 0 Å². The van der Waals surface area contributed by atoms with E-state index in [-0.39, 0.29) is 5.56 Å².